The van der Waals surface area contributed by atoms with Crippen LogP contribution in [0.25, 0.3) is 0 Å². The van der Waals surface area contributed by atoms with Crippen LogP contribution in [-0.2, 0) is 4.79 Å². The van der Waals surface area contributed by atoms with E-state index in [0.29, 0.717) is 18.9 Å². The topological polar surface area (TPSA) is 75.3 Å². The molecule has 0 aromatic rings. The largest absolute Gasteiger partial charge is 0.391 e. The minimum atomic E-state index is -0.598. The van der Waals surface area contributed by atoms with Gasteiger partial charge in [-0.1, -0.05) is 34.1 Å². The number of hydrogen-bond donors (Lipinski definition) is 3. The smallest absolute Gasteiger partial charge is 0.222 e. The van der Waals surface area contributed by atoms with E-state index in [2.05, 4.69) is 26.1 Å². The Kier molecular flexibility index (Phi) is 9.02. The van der Waals surface area contributed by atoms with Crippen LogP contribution in [0.3, 0.4) is 0 Å². The number of aliphatic hydroxyl groups excluding tert-OH is 1. The second kappa shape index (κ2) is 9.34. The molecule has 0 aliphatic heterocycles. The van der Waals surface area contributed by atoms with Gasteiger partial charge in [0.15, 0.2) is 0 Å². The van der Waals surface area contributed by atoms with Gasteiger partial charge in [0, 0.05) is 18.5 Å². The zero-order valence-corrected chi connectivity index (χ0v) is 12.3. The fraction of sp³-hybridized carbons (Fsp3) is 0.929. The SMILES string of the molecule is CCCCNC(=O)[C@H](C)C[C@H](O)[C@@H](N)CC(C)C. The van der Waals surface area contributed by atoms with Gasteiger partial charge in [0.05, 0.1) is 6.10 Å². The standard InChI is InChI=1S/C14H30N2O2/c1-5-6-7-16-14(18)11(4)9-13(17)12(15)8-10(2)3/h10-13,17H,5-9,15H2,1-4H3,(H,16,18)/t11-,12+,13+/m1/s1. The van der Waals surface area contributed by atoms with Crippen molar-refractivity contribution in [3.05, 3.63) is 0 Å². The molecule has 0 fully saturated rings. The van der Waals surface area contributed by atoms with Gasteiger partial charge in [-0.05, 0) is 25.2 Å². The molecule has 0 saturated heterocycles. The Balaban J connectivity index is 3.97. The monoisotopic (exact) mass is 258 g/mol. The van der Waals surface area contributed by atoms with E-state index in [1.807, 2.05) is 6.92 Å². The summed E-state index contributed by atoms with van der Waals surface area (Å²) < 4.78 is 0. The van der Waals surface area contributed by atoms with Crippen molar-refractivity contribution in [1.29, 1.82) is 0 Å². The van der Waals surface area contributed by atoms with Crippen molar-refractivity contribution in [3.63, 3.8) is 0 Å². The molecule has 0 aromatic heterocycles. The van der Waals surface area contributed by atoms with E-state index < -0.39 is 6.10 Å². The Morgan fingerprint density at radius 1 is 1.28 bits per heavy atom. The molecule has 1 amide bonds. The number of hydrogen-bond acceptors (Lipinski definition) is 3. The molecule has 0 bridgehead atoms. The summed E-state index contributed by atoms with van der Waals surface area (Å²) in [5.41, 5.74) is 5.91. The molecule has 18 heavy (non-hydrogen) atoms. The minimum absolute atomic E-state index is 0.0132. The van der Waals surface area contributed by atoms with E-state index >= 15 is 0 Å². The van der Waals surface area contributed by atoms with Gasteiger partial charge in [0.25, 0.3) is 0 Å². The van der Waals surface area contributed by atoms with E-state index in [9.17, 15) is 9.90 Å². The fourth-order valence-corrected chi connectivity index (χ4v) is 1.91. The summed E-state index contributed by atoms with van der Waals surface area (Å²) >= 11 is 0. The van der Waals surface area contributed by atoms with Gasteiger partial charge in [-0.2, -0.15) is 0 Å². The zero-order valence-electron chi connectivity index (χ0n) is 12.3. The number of carbonyl (C=O) groups is 1. The number of aliphatic hydroxyl groups is 1. The lowest BCUT2D eigenvalue weighted by molar-refractivity contribution is -0.125. The Morgan fingerprint density at radius 3 is 2.39 bits per heavy atom. The minimum Gasteiger partial charge on any atom is -0.391 e. The molecule has 3 atom stereocenters. The lowest BCUT2D eigenvalue weighted by atomic mass is 9.93. The highest BCUT2D eigenvalue weighted by molar-refractivity contribution is 5.78. The van der Waals surface area contributed by atoms with Crippen LogP contribution in [0, 0.1) is 11.8 Å². The molecule has 0 aliphatic rings. The third-order valence-corrected chi connectivity index (χ3v) is 3.11. The van der Waals surface area contributed by atoms with Gasteiger partial charge in [0.2, 0.25) is 5.91 Å². The lowest BCUT2D eigenvalue weighted by Crippen LogP contribution is -2.39. The molecule has 108 valence electrons. The normalized spacial score (nSPS) is 16.4. The van der Waals surface area contributed by atoms with E-state index in [-0.39, 0.29) is 17.9 Å². The summed E-state index contributed by atoms with van der Waals surface area (Å²) in [6.45, 7) is 8.80. The predicted octanol–water partition coefficient (Wildman–Crippen LogP) is 1.66. The number of unbranched alkanes of at least 4 members (excludes halogenated alkanes) is 1. The molecular weight excluding hydrogens is 228 g/mol. The summed E-state index contributed by atoms with van der Waals surface area (Å²) in [5, 5.41) is 12.8. The molecule has 4 N–H and O–H groups in total. The predicted molar refractivity (Wildman–Crippen MR) is 75.1 cm³/mol. The summed E-state index contributed by atoms with van der Waals surface area (Å²) in [7, 11) is 0. The second-order valence-corrected chi connectivity index (χ2v) is 5.64. The molecule has 0 heterocycles. The lowest BCUT2D eigenvalue weighted by Gasteiger charge is -2.23. The van der Waals surface area contributed by atoms with E-state index in [4.69, 9.17) is 5.73 Å². The maximum absolute atomic E-state index is 11.7. The van der Waals surface area contributed by atoms with Crippen molar-refractivity contribution < 1.29 is 9.90 Å². The summed E-state index contributed by atoms with van der Waals surface area (Å²) in [6.07, 6.45) is 2.68. The van der Waals surface area contributed by atoms with Gasteiger partial charge < -0.3 is 16.2 Å². The average molecular weight is 258 g/mol. The number of nitrogens with two attached hydrogens (primary N) is 1. The highest BCUT2D eigenvalue weighted by Crippen LogP contribution is 2.13. The molecule has 4 heteroatoms. The molecule has 0 spiro atoms. The number of carbonyl (C=O) groups excluding carboxylic acids is 1. The molecule has 0 radical (unpaired) electrons. The Morgan fingerprint density at radius 2 is 1.89 bits per heavy atom. The molecule has 0 rings (SSSR count). The van der Waals surface area contributed by atoms with Gasteiger partial charge in [-0.3, -0.25) is 4.79 Å². The van der Waals surface area contributed by atoms with Crippen molar-refractivity contribution in [1.82, 2.24) is 5.32 Å². The van der Waals surface area contributed by atoms with Crippen molar-refractivity contribution in [2.75, 3.05) is 6.54 Å². The molecule has 0 aromatic carbocycles. The number of nitrogens with one attached hydrogen (secondary N) is 1. The van der Waals surface area contributed by atoms with Gasteiger partial charge in [-0.25, -0.2) is 0 Å². The first-order valence-electron chi connectivity index (χ1n) is 7.09. The Hall–Kier alpha value is -0.610. The first-order chi connectivity index (χ1) is 8.38. The van der Waals surface area contributed by atoms with Crippen LogP contribution in [0.5, 0.6) is 0 Å². The third kappa shape index (κ3) is 7.67. The van der Waals surface area contributed by atoms with Crippen molar-refractivity contribution in [3.8, 4) is 0 Å². The third-order valence-electron chi connectivity index (χ3n) is 3.11. The van der Waals surface area contributed by atoms with Crippen molar-refractivity contribution in [2.24, 2.45) is 17.6 Å². The van der Waals surface area contributed by atoms with Crippen LogP contribution in [0.2, 0.25) is 0 Å². The molecular formula is C14H30N2O2. The molecule has 0 saturated carbocycles. The highest BCUT2D eigenvalue weighted by atomic mass is 16.3. The van der Waals surface area contributed by atoms with Gasteiger partial charge in [0.1, 0.15) is 0 Å². The van der Waals surface area contributed by atoms with E-state index in [1.54, 1.807) is 0 Å². The first-order valence-corrected chi connectivity index (χ1v) is 7.09. The number of rotatable bonds is 9. The molecule has 0 unspecified atom stereocenters. The number of amides is 1. The Bertz CT molecular complexity index is 232. The Labute approximate surface area is 111 Å². The maximum atomic E-state index is 11.7. The fourth-order valence-electron chi connectivity index (χ4n) is 1.91. The molecule has 0 aliphatic carbocycles. The average Bonchev–Trinajstić information content (AvgIpc) is 2.28. The molecule has 4 nitrogen and oxygen atoms in total. The van der Waals surface area contributed by atoms with Crippen LogP contribution in [0.1, 0.15) is 53.4 Å². The van der Waals surface area contributed by atoms with Gasteiger partial charge >= 0.3 is 0 Å². The quantitative estimate of drug-likeness (QED) is 0.551. The highest BCUT2D eigenvalue weighted by Gasteiger charge is 2.22. The summed E-state index contributed by atoms with van der Waals surface area (Å²) in [5.74, 6) is 0.289. The van der Waals surface area contributed by atoms with Crippen molar-refractivity contribution in [2.45, 2.75) is 65.5 Å². The zero-order chi connectivity index (χ0) is 14.1. The van der Waals surface area contributed by atoms with Gasteiger partial charge in [-0.15, -0.1) is 0 Å². The van der Waals surface area contributed by atoms with Crippen molar-refractivity contribution >= 4 is 5.91 Å². The second-order valence-electron chi connectivity index (χ2n) is 5.64. The van der Waals surface area contributed by atoms with E-state index in [0.717, 1.165) is 19.3 Å². The first kappa shape index (κ1) is 17.4. The maximum Gasteiger partial charge on any atom is 0.222 e. The summed E-state index contributed by atoms with van der Waals surface area (Å²) in [6, 6.07) is -0.240. The van der Waals surface area contributed by atoms with Crippen LogP contribution in [-0.4, -0.2) is 29.7 Å². The van der Waals surface area contributed by atoms with Crippen LogP contribution >= 0.6 is 0 Å². The van der Waals surface area contributed by atoms with E-state index in [1.165, 1.54) is 0 Å². The van der Waals surface area contributed by atoms with Crippen LogP contribution < -0.4 is 11.1 Å². The van der Waals surface area contributed by atoms with Crippen LogP contribution in [0.15, 0.2) is 0 Å². The van der Waals surface area contributed by atoms with Crippen LogP contribution in [0.4, 0.5) is 0 Å². The summed E-state index contributed by atoms with van der Waals surface area (Å²) in [4.78, 5) is 11.7.